The quantitative estimate of drug-likeness (QED) is 0.812. The monoisotopic (exact) mass is 231 g/mol. The van der Waals surface area contributed by atoms with Crippen molar-refractivity contribution in [1.29, 1.82) is 0 Å². The van der Waals surface area contributed by atoms with Gasteiger partial charge < -0.3 is 10.5 Å². The Morgan fingerprint density at radius 3 is 2.57 bits per heavy atom. The highest BCUT2D eigenvalue weighted by atomic mass is 35.5. The van der Waals surface area contributed by atoms with E-state index in [4.69, 9.17) is 33.7 Å². The Hall–Kier alpha value is -0.700. The second-order valence-corrected chi connectivity index (χ2v) is 3.50. The Labute approximate surface area is 93.3 Å². The van der Waals surface area contributed by atoms with Gasteiger partial charge in [-0.15, -0.1) is 6.58 Å². The van der Waals surface area contributed by atoms with Crippen molar-refractivity contribution in [3.8, 4) is 5.75 Å². The van der Waals surface area contributed by atoms with E-state index in [1.807, 2.05) is 0 Å². The summed E-state index contributed by atoms with van der Waals surface area (Å²) in [6.45, 7) is 3.59. The molecule has 0 aliphatic heterocycles. The van der Waals surface area contributed by atoms with E-state index in [1.165, 1.54) is 7.11 Å². The number of ether oxygens (including phenoxy) is 1. The third-order valence-electron chi connectivity index (χ3n) is 1.91. The fraction of sp³-hybridized carbons (Fsp3) is 0.200. The van der Waals surface area contributed by atoms with Crippen LogP contribution in [0.3, 0.4) is 0 Å². The Kier molecular flexibility index (Phi) is 3.81. The Balaban J connectivity index is 3.23. The van der Waals surface area contributed by atoms with Gasteiger partial charge in [-0.3, -0.25) is 0 Å². The zero-order valence-electron chi connectivity index (χ0n) is 7.76. The van der Waals surface area contributed by atoms with Crippen LogP contribution in [0.25, 0.3) is 0 Å². The van der Waals surface area contributed by atoms with Gasteiger partial charge in [0.1, 0.15) is 10.8 Å². The van der Waals surface area contributed by atoms with E-state index in [-0.39, 0.29) is 6.04 Å². The first kappa shape index (κ1) is 11.4. The minimum Gasteiger partial charge on any atom is -0.495 e. The van der Waals surface area contributed by atoms with E-state index in [0.29, 0.717) is 15.8 Å². The summed E-state index contributed by atoms with van der Waals surface area (Å²) in [5.74, 6) is 0.539. The summed E-state index contributed by atoms with van der Waals surface area (Å²) < 4.78 is 5.01. The average Bonchev–Trinajstić information content (AvgIpc) is 2.21. The van der Waals surface area contributed by atoms with Crippen LogP contribution in [0.4, 0.5) is 0 Å². The molecule has 0 saturated carbocycles. The molecule has 0 amide bonds. The normalized spacial score (nSPS) is 12.3. The number of benzene rings is 1. The standard InChI is InChI=1S/C10H11Cl2NO/c1-3-7(13)6-4-5-8(14-2)10(12)9(6)11/h3-5,7H,1,13H2,2H3. The second-order valence-electron chi connectivity index (χ2n) is 2.75. The van der Waals surface area contributed by atoms with Crippen molar-refractivity contribution >= 4 is 23.2 Å². The van der Waals surface area contributed by atoms with Crippen LogP contribution in [0.2, 0.25) is 10.0 Å². The predicted octanol–water partition coefficient (Wildman–Crippen LogP) is 3.19. The number of hydrogen-bond acceptors (Lipinski definition) is 2. The van der Waals surface area contributed by atoms with E-state index in [0.717, 1.165) is 5.56 Å². The van der Waals surface area contributed by atoms with Crippen molar-refractivity contribution in [3.63, 3.8) is 0 Å². The molecule has 2 nitrogen and oxygen atoms in total. The Morgan fingerprint density at radius 1 is 1.43 bits per heavy atom. The smallest absolute Gasteiger partial charge is 0.139 e. The van der Waals surface area contributed by atoms with Crippen molar-refractivity contribution < 1.29 is 4.74 Å². The van der Waals surface area contributed by atoms with Crippen LogP contribution in [-0.4, -0.2) is 7.11 Å². The summed E-state index contributed by atoms with van der Waals surface area (Å²) in [7, 11) is 1.53. The van der Waals surface area contributed by atoms with Gasteiger partial charge in [0, 0.05) is 6.04 Å². The molecule has 0 radical (unpaired) electrons. The summed E-state index contributed by atoms with van der Waals surface area (Å²) in [4.78, 5) is 0. The maximum Gasteiger partial charge on any atom is 0.139 e. The third-order valence-corrected chi connectivity index (χ3v) is 2.79. The van der Waals surface area contributed by atoms with Crippen LogP contribution in [0.5, 0.6) is 5.75 Å². The van der Waals surface area contributed by atoms with E-state index in [1.54, 1.807) is 18.2 Å². The minimum atomic E-state index is -0.314. The molecular weight excluding hydrogens is 221 g/mol. The molecule has 1 atom stereocenters. The largest absolute Gasteiger partial charge is 0.495 e. The first-order valence-corrected chi connectivity index (χ1v) is 4.77. The first-order chi connectivity index (χ1) is 6.61. The van der Waals surface area contributed by atoms with Crippen molar-refractivity contribution in [2.45, 2.75) is 6.04 Å². The van der Waals surface area contributed by atoms with Gasteiger partial charge in [0.15, 0.2) is 0 Å². The first-order valence-electron chi connectivity index (χ1n) is 4.01. The fourth-order valence-electron chi connectivity index (χ4n) is 1.09. The lowest BCUT2D eigenvalue weighted by Gasteiger charge is -2.12. The van der Waals surface area contributed by atoms with Crippen molar-refractivity contribution in [1.82, 2.24) is 0 Å². The highest BCUT2D eigenvalue weighted by Gasteiger charge is 2.13. The molecule has 1 unspecified atom stereocenters. The fourth-order valence-corrected chi connectivity index (χ4v) is 1.62. The topological polar surface area (TPSA) is 35.2 Å². The van der Waals surface area contributed by atoms with Crippen LogP contribution in [-0.2, 0) is 0 Å². The van der Waals surface area contributed by atoms with Crippen LogP contribution < -0.4 is 10.5 Å². The van der Waals surface area contributed by atoms with Crippen LogP contribution in [0.1, 0.15) is 11.6 Å². The van der Waals surface area contributed by atoms with Crippen LogP contribution >= 0.6 is 23.2 Å². The summed E-state index contributed by atoms with van der Waals surface area (Å²) in [5.41, 5.74) is 6.50. The minimum absolute atomic E-state index is 0.314. The van der Waals surface area contributed by atoms with Crippen molar-refractivity contribution in [2.75, 3.05) is 7.11 Å². The van der Waals surface area contributed by atoms with Gasteiger partial charge in [-0.2, -0.15) is 0 Å². The highest BCUT2D eigenvalue weighted by molar-refractivity contribution is 6.43. The van der Waals surface area contributed by atoms with Gasteiger partial charge in [0.2, 0.25) is 0 Å². The van der Waals surface area contributed by atoms with Gasteiger partial charge in [-0.1, -0.05) is 35.3 Å². The maximum absolute atomic E-state index is 6.01. The molecule has 2 N–H and O–H groups in total. The number of hydrogen-bond donors (Lipinski definition) is 1. The molecule has 0 heterocycles. The molecule has 1 aromatic rings. The zero-order chi connectivity index (χ0) is 10.7. The predicted molar refractivity (Wildman–Crippen MR) is 60.1 cm³/mol. The molecule has 1 rings (SSSR count). The lowest BCUT2D eigenvalue weighted by atomic mass is 10.1. The van der Waals surface area contributed by atoms with E-state index in [9.17, 15) is 0 Å². The Morgan fingerprint density at radius 2 is 2.07 bits per heavy atom. The number of nitrogens with two attached hydrogens (primary N) is 1. The molecule has 0 spiro atoms. The number of rotatable bonds is 3. The number of halogens is 2. The number of methoxy groups -OCH3 is 1. The summed E-state index contributed by atoms with van der Waals surface area (Å²) in [6, 6.07) is 3.19. The lowest BCUT2D eigenvalue weighted by Crippen LogP contribution is -2.07. The van der Waals surface area contributed by atoms with E-state index < -0.39 is 0 Å². The van der Waals surface area contributed by atoms with Gasteiger partial charge in [-0.05, 0) is 11.6 Å². The molecular formula is C10H11Cl2NO. The van der Waals surface area contributed by atoms with Crippen LogP contribution in [0, 0.1) is 0 Å². The van der Waals surface area contributed by atoms with Crippen LogP contribution in [0.15, 0.2) is 24.8 Å². The zero-order valence-corrected chi connectivity index (χ0v) is 9.27. The van der Waals surface area contributed by atoms with E-state index >= 15 is 0 Å². The lowest BCUT2D eigenvalue weighted by molar-refractivity contribution is 0.415. The molecule has 76 valence electrons. The Bertz CT molecular complexity index is 352. The molecule has 4 heteroatoms. The van der Waals surface area contributed by atoms with Gasteiger partial charge in [-0.25, -0.2) is 0 Å². The van der Waals surface area contributed by atoms with Crippen molar-refractivity contribution in [2.24, 2.45) is 5.73 Å². The molecule has 1 aromatic carbocycles. The summed E-state index contributed by atoms with van der Waals surface area (Å²) in [6.07, 6.45) is 1.60. The van der Waals surface area contributed by atoms with E-state index in [2.05, 4.69) is 6.58 Å². The highest BCUT2D eigenvalue weighted by Crippen LogP contribution is 2.36. The SMILES string of the molecule is C=CC(N)c1ccc(OC)c(Cl)c1Cl. The third kappa shape index (κ3) is 2.03. The molecule has 0 fully saturated rings. The molecule has 0 bridgehead atoms. The summed E-state index contributed by atoms with van der Waals surface area (Å²) in [5, 5.41) is 0.794. The van der Waals surface area contributed by atoms with Gasteiger partial charge in [0.25, 0.3) is 0 Å². The molecule has 0 aliphatic rings. The maximum atomic E-state index is 6.01. The van der Waals surface area contributed by atoms with Crippen molar-refractivity contribution in [3.05, 3.63) is 40.4 Å². The molecule has 0 aromatic heterocycles. The molecule has 0 aliphatic carbocycles. The molecule has 14 heavy (non-hydrogen) atoms. The second kappa shape index (κ2) is 4.69. The van der Waals surface area contributed by atoms with Gasteiger partial charge >= 0.3 is 0 Å². The average molecular weight is 232 g/mol. The summed E-state index contributed by atoms with van der Waals surface area (Å²) >= 11 is 12.0. The van der Waals surface area contributed by atoms with Gasteiger partial charge in [0.05, 0.1) is 12.1 Å². The molecule has 0 saturated heterocycles.